The highest BCUT2D eigenvalue weighted by Crippen LogP contribution is 2.20. The Hall–Kier alpha value is -2.97. The summed E-state index contributed by atoms with van der Waals surface area (Å²) in [5.74, 6) is -0.229. The highest BCUT2D eigenvalue weighted by atomic mass is 16.6. The number of carbonyl (C=O) groups excluding carboxylic acids is 1. The molecule has 110 valence electrons. The second-order valence-corrected chi connectivity index (χ2v) is 4.14. The van der Waals surface area contributed by atoms with Gasteiger partial charge in [0, 0.05) is 25.9 Å². The first-order valence-electron chi connectivity index (χ1n) is 6.21. The van der Waals surface area contributed by atoms with Crippen molar-refractivity contribution < 1.29 is 9.72 Å². The number of carbonyl (C=O) groups is 1. The summed E-state index contributed by atoms with van der Waals surface area (Å²) in [5.41, 5.74) is 0.356. The van der Waals surface area contributed by atoms with Gasteiger partial charge >= 0.3 is 0 Å². The number of pyridine rings is 1. The lowest BCUT2D eigenvalue weighted by Gasteiger charge is -2.07. The molecule has 2 N–H and O–H groups in total. The summed E-state index contributed by atoms with van der Waals surface area (Å²) in [7, 11) is 1.58. The van der Waals surface area contributed by atoms with Gasteiger partial charge in [0.1, 0.15) is 12.0 Å². The van der Waals surface area contributed by atoms with Crippen molar-refractivity contribution in [3.63, 3.8) is 0 Å². The number of hydrogen-bond acceptors (Lipinski definition) is 6. The number of aromatic nitrogens is 3. The SMILES string of the molecule is CCn1cc(NC(=O)c2cc([N+](=O)[O-])cnc2NC)cn1. The lowest BCUT2D eigenvalue weighted by atomic mass is 10.2. The molecule has 2 heterocycles. The van der Waals surface area contributed by atoms with Crippen LogP contribution < -0.4 is 10.6 Å². The Balaban J connectivity index is 2.28. The van der Waals surface area contributed by atoms with Gasteiger partial charge in [-0.3, -0.25) is 19.6 Å². The molecule has 9 nitrogen and oxygen atoms in total. The molecule has 0 atom stereocenters. The molecule has 9 heteroatoms. The zero-order chi connectivity index (χ0) is 15.4. The van der Waals surface area contributed by atoms with Crippen molar-refractivity contribution in [2.24, 2.45) is 0 Å². The second kappa shape index (κ2) is 5.99. The van der Waals surface area contributed by atoms with E-state index < -0.39 is 10.8 Å². The highest BCUT2D eigenvalue weighted by molar-refractivity contribution is 6.07. The van der Waals surface area contributed by atoms with Gasteiger partial charge in [-0.15, -0.1) is 0 Å². The lowest BCUT2D eigenvalue weighted by molar-refractivity contribution is -0.385. The smallest absolute Gasteiger partial charge is 0.288 e. The van der Waals surface area contributed by atoms with Crippen LogP contribution in [0.15, 0.2) is 24.7 Å². The van der Waals surface area contributed by atoms with E-state index in [1.54, 1.807) is 17.9 Å². The summed E-state index contributed by atoms with van der Waals surface area (Å²) in [6, 6.07) is 1.18. The Morgan fingerprint density at radius 1 is 1.48 bits per heavy atom. The fourth-order valence-electron chi connectivity index (χ4n) is 1.73. The standard InChI is InChI=1S/C12H14N6O3/c1-3-17-7-8(5-15-17)16-12(19)10-4-9(18(20)21)6-14-11(10)13-2/h4-7H,3H2,1-2H3,(H,13,14)(H,16,19). The molecule has 0 aliphatic carbocycles. The third-order valence-electron chi connectivity index (χ3n) is 2.78. The number of nitro groups is 1. The fraction of sp³-hybridized carbons (Fsp3) is 0.250. The molecule has 2 aromatic heterocycles. The minimum absolute atomic E-state index is 0.0935. The molecule has 0 bridgehead atoms. The topological polar surface area (TPSA) is 115 Å². The van der Waals surface area contributed by atoms with E-state index in [0.717, 1.165) is 6.20 Å². The van der Waals surface area contributed by atoms with Crippen LogP contribution in [0.3, 0.4) is 0 Å². The molecule has 0 radical (unpaired) electrons. The summed E-state index contributed by atoms with van der Waals surface area (Å²) in [4.78, 5) is 26.3. The van der Waals surface area contributed by atoms with Gasteiger partial charge in [0.15, 0.2) is 0 Å². The molecule has 0 spiro atoms. The maximum absolute atomic E-state index is 12.2. The predicted molar refractivity (Wildman–Crippen MR) is 76.3 cm³/mol. The van der Waals surface area contributed by atoms with E-state index in [1.807, 2.05) is 6.92 Å². The number of nitrogens with one attached hydrogen (secondary N) is 2. The maximum atomic E-state index is 12.2. The summed E-state index contributed by atoms with van der Waals surface area (Å²) in [6.45, 7) is 2.60. The van der Waals surface area contributed by atoms with E-state index in [2.05, 4.69) is 20.7 Å². The summed E-state index contributed by atoms with van der Waals surface area (Å²) in [6.07, 6.45) is 4.27. The van der Waals surface area contributed by atoms with Gasteiger partial charge < -0.3 is 10.6 Å². The van der Waals surface area contributed by atoms with Gasteiger partial charge in [-0.2, -0.15) is 5.10 Å². The minimum Gasteiger partial charge on any atom is -0.372 e. The molecule has 0 saturated heterocycles. The van der Waals surface area contributed by atoms with E-state index in [0.29, 0.717) is 12.2 Å². The van der Waals surface area contributed by atoms with Gasteiger partial charge in [-0.25, -0.2) is 4.98 Å². The van der Waals surface area contributed by atoms with Crippen LogP contribution in [-0.2, 0) is 6.54 Å². The Kier molecular flexibility index (Phi) is 4.12. The quantitative estimate of drug-likeness (QED) is 0.637. The number of hydrogen-bond donors (Lipinski definition) is 2. The molecule has 1 amide bonds. The van der Waals surface area contributed by atoms with E-state index in [-0.39, 0.29) is 17.1 Å². The van der Waals surface area contributed by atoms with Crippen molar-refractivity contribution in [3.8, 4) is 0 Å². The number of amides is 1. The number of rotatable bonds is 5. The van der Waals surface area contributed by atoms with Crippen molar-refractivity contribution in [2.75, 3.05) is 17.7 Å². The second-order valence-electron chi connectivity index (χ2n) is 4.14. The van der Waals surface area contributed by atoms with Crippen molar-refractivity contribution >= 4 is 23.1 Å². The van der Waals surface area contributed by atoms with E-state index in [4.69, 9.17) is 0 Å². The largest absolute Gasteiger partial charge is 0.372 e. The Morgan fingerprint density at radius 3 is 2.81 bits per heavy atom. The molecule has 21 heavy (non-hydrogen) atoms. The molecule has 2 aromatic rings. The molecule has 2 rings (SSSR count). The molecular weight excluding hydrogens is 276 g/mol. The van der Waals surface area contributed by atoms with E-state index >= 15 is 0 Å². The van der Waals surface area contributed by atoms with Gasteiger partial charge in [0.2, 0.25) is 0 Å². The zero-order valence-corrected chi connectivity index (χ0v) is 11.5. The molecule has 0 fully saturated rings. The highest BCUT2D eigenvalue weighted by Gasteiger charge is 2.18. The molecule has 0 aliphatic rings. The van der Waals surface area contributed by atoms with Gasteiger partial charge in [0.05, 0.1) is 22.4 Å². The van der Waals surface area contributed by atoms with Crippen LogP contribution in [-0.4, -0.2) is 32.6 Å². The summed E-state index contributed by atoms with van der Waals surface area (Å²) in [5, 5.41) is 20.2. The van der Waals surface area contributed by atoms with Crippen molar-refractivity contribution in [1.82, 2.24) is 14.8 Å². The molecule has 0 aliphatic heterocycles. The average molecular weight is 290 g/mol. The Bertz CT molecular complexity index is 681. The van der Waals surface area contributed by atoms with Crippen LogP contribution in [0.25, 0.3) is 0 Å². The lowest BCUT2D eigenvalue weighted by Crippen LogP contribution is -2.15. The Labute approximate surface area is 120 Å². The average Bonchev–Trinajstić information content (AvgIpc) is 2.94. The first-order chi connectivity index (χ1) is 10.0. The Morgan fingerprint density at radius 2 is 2.24 bits per heavy atom. The van der Waals surface area contributed by atoms with Gasteiger partial charge in [0.25, 0.3) is 11.6 Å². The monoisotopic (exact) mass is 290 g/mol. The third kappa shape index (κ3) is 3.14. The maximum Gasteiger partial charge on any atom is 0.288 e. The van der Waals surface area contributed by atoms with Crippen molar-refractivity contribution in [2.45, 2.75) is 13.5 Å². The van der Waals surface area contributed by atoms with Crippen LogP contribution in [0.2, 0.25) is 0 Å². The molecule has 0 unspecified atom stereocenters. The molecule has 0 saturated carbocycles. The molecular formula is C12H14N6O3. The van der Waals surface area contributed by atoms with Crippen LogP contribution in [0.5, 0.6) is 0 Å². The van der Waals surface area contributed by atoms with Crippen LogP contribution in [0.4, 0.5) is 17.2 Å². The fourth-order valence-corrected chi connectivity index (χ4v) is 1.73. The summed E-state index contributed by atoms with van der Waals surface area (Å²) < 4.78 is 1.65. The van der Waals surface area contributed by atoms with E-state index in [1.165, 1.54) is 12.3 Å². The first kappa shape index (κ1) is 14.4. The van der Waals surface area contributed by atoms with Gasteiger partial charge in [-0.1, -0.05) is 0 Å². The minimum atomic E-state index is -0.599. The number of anilines is 2. The first-order valence-corrected chi connectivity index (χ1v) is 6.21. The predicted octanol–water partition coefficient (Wildman–Crippen LogP) is 1.50. The normalized spacial score (nSPS) is 10.2. The summed E-state index contributed by atoms with van der Waals surface area (Å²) >= 11 is 0. The van der Waals surface area contributed by atoms with E-state index in [9.17, 15) is 14.9 Å². The zero-order valence-electron chi connectivity index (χ0n) is 11.5. The van der Waals surface area contributed by atoms with Crippen LogP contribution in [0, 0.1) is 10.1 Å². The van der Waals surface area contributed by atoms with Crippen LogP contribution >= 0.6 is 0 Å². The number of nitrogens with zero attached hydrogens (tertiary/aromatic N) is 4. The van der Waals surface area contributed by atoms with Crippen molar-refractivity contribution in [1.29, 1.82) is 0 Å². The molecule has 0 aromatic carbocycles. The van der Waals surface area contributed by atoms with Crippen LogP contribution in [0.1, 0.15) is 17.3 Å². The van der Waals surface area contributed by atoms with Gasteiger partial charge in [-0.05, 0) is 6.92 Å². The third-order valence-corrected chi connectivity index (χ3v) is 2.78. The van der Waals surface area contributed by atoms with Crippen molar-refractivity contribution in [3.05, 3.63) is 40.3 Å². The number of aryl methyl sites for hydroxylation is 1.